The van der Waals surface area contributed by atoms with Gasteiger partial charge in [0.05, 0.1) is 18.8 Å². The first-order valence-corrected chi connectivity index (χ1v) is 8.28. The minimum Gasteiger partial charge on any atom is -0.394 e. The van der Waals surface area contributed by atoms with Crippen LogP contribution in [0.1, 0.15) is 19.3 Å². The SMILES string of the molecule is OCC1O[C@H](SCC2CCC[C@@H](O)[C@@H]2O)C(O)[C@@H](O)[C@@H]1O. The van der Waals surface area contributed by atoms with Gasteiger partial charge in [-0.3, -0.25) is 0 Å². The first-order valence-electron chi connectivity index (χ1n) is 7.24. The van der Waals surface area contributed by atoms with Gasteiger partial charge in [0, 0.05) is 5.75 Å². The maximum Gasteiger partial charge on any atom is 0.132 e. The zero-order valence-corrected chi connectivity index (χ0v) is 12.5. The predicted octanol–water partition coefficient (Wildman–Crippen LogP) is -1.96. The van der Waals surface area contributed by atoms with Crippen molar-refractivity contribution in [1.29, 1.82) is 0 Å². The van der Waals surface area contributed by atoms with Crippen molar-refractivity contribution >= 4 is 11.8 Å². The van der Waals surface area contributed by atoms with Crippen molar-refractivity contribution in [3.05, 3.63) is 0 Å². The largest absolute Gasteiger partial charge is 0.394 e. The highest BCUT2D eigenvalue weighted by Gasteiger charge is 2.44. The van der Waals surface area contributed by atoms with E-state index in [-0.39, 0.29) is 5.92 Å². The summed E-state index contributed by atoms with van der Waals surface area (Å²) in [4.78, 5) is 0. The van der Waals surface area contributed by atoms with Crippen molar-refractivity contribution in [3.63, 3.8) is 0 Å². The maximum absolute atomic E-state index is 9.93. The molecule has 0 amide bonds. The molecule has 1 aliphatic heterocycles. The van der Waals surface area contributed by atoms with E-state index in [2.05, 4.69) is 0 Å². The van der Waals surface area contributed by atoms with Crippen LogP contribution in [0.5, 0.6) is 0 Å². The zero-order valence-electron chi connectivity index (χ0n) is 11.7. The number of thioether (sulfide) groups is 1. The van der Waals surface area contributed by atoms with E-state index in [1.165, 1.54) is 11.8 Å². The number of ether oxygens (including phenoxy) is 1. The first-order chi connectivity index (χ1) is 9.95. The lowest BCUT2D eigenvalue weighted by molar-refractivity contribution is -0.205. The molecule has 0 aromatic rings. The van der Waals surface area contributed by atoms with E-state index in [1.807, 2.05) is 0 Å². The van der Waals surface area contributed by atoms with Crippen LogP contribution in [0.2, 0.25) is 0 Å². The minimum absolute atomic E-state index is 0.105. The molecule has 1 heterocycles. The molecule has 124 valence electrons. The number of rotatable bonds is 4. The predicted molar refractivity (Wildman–Crippen MR) is 75.6 cm³/mol. The molecule has 0 aromatic heterocycles. The van der Waals surface area contributed by atoms with Gasteiger partial charge in [0.25, 0.3) is 0 Å². The second-order valence-electron chi connectivity index (χ2n) is 5.78. The molecule has 2 aliphatic rings. The van der Waals surface area contributed by atoms with E-state index in [0.717, 1.165) is 12.8 Å². The second-order valence-corrected chi connectivity index (χ2v) is 6.91. The quantitative estimate of drug-likeness (QED) is 0.351. The molecular weight excluding hydrogens is 300 g/mol. The van der Waals surface area contributed by atoms with Crippen LogP contribution in [0, 0.1) is 5.92 Å². The summed E-state index contributed by atoms with van der Waals surface area (Å²) in [5.41, 5.74) is -0.785. The number of hydrogen-bond acceptors (Lipinski definition) is 8. The summed E-state index contributed by atoms with van der Waals surface area (Å²) in [6, 6.07) is 0. The lowest BCUT2D eigenvalue weighted by atomic mass is 9.86. The summed E-state index contributed by atoms with van der Waals surface area (Å²) >= 11 is 1.22. The van der Waals surface area contributed by atoms with Crippen molar-refractivity contribution < 1.29 is 35.4 Å². The Morgan fingerprint density at radius 3 is 2.29 bits per heavy atom. The Morgan fingerprint density at radius 1 is 0.905 bits per heavy atom. The van der Waals surface area contributed by atoms with Gasteiger partial charge in [0.2, 0.25) is 0 Å². The highest BCUT2D eigenvalue weighted by atomic mass is 32.2. The van der Waals surface area contributed by atoms with Crippen LogP contribution < -0.4 is 0 Å². The van der Waals surface area contributed by atoms with Crippen LogP contribution in [0.4, 0.5) is 0 Å². The first kappa shape index (κ1) is 17.4. The van der Waals surface area contributed by atoms with Crippen LogP contribution in [0.3, 0.4) is 0 Å². The third kappa shape index (κ3) is 3.89. The van der Waals surface area contributed by atoms with Gasteiger partial charge in [0.1, 0.15) is 29.9 Å². The third-order valence-corrected chi connectivity index (χ3v) is 5.61. The Morgan fingerprint density at radius 2 is 1.62 bits per heavy atom. The molecule has 0 radical (unpaired) electrons. The summed E-state index contributed by atoms with van der Waals surface area (Å²) in [7, 11) is 0. The normalized spacial score (nSPS) is 48.3. The lowest BCUT2D eigenvalue weighted by Gasteiger charge is -2.40. The monoisotopic (exact) mass is 324 g/mol. The third-order valence-electron chi connectivity index (χ3n) is 4.28. The zero-order chi connectivity index (χ0) is 15.6. The minimum atomic E-state index is -1.38. The van der Waals surface area contributed by atoms with Crippen LogP contribution in [0.25, 0.3) is 0 Å². The van der Waals surface area contributed by atoms with Crippen molar-refractivity contribution in [2.75, 3.05) is 12.4 Å². The molecule has 0 aromatic carbocycles. The van der Waals surface area contributed by atoms with Gasteiger partial charge in [-0.1, -0.05) is 6.42 Å². The molecule has 1 saturated heterocycles. The van der Waals surface area contributed by atoms with E-state index in [1.54, 1.807) is 0 Å². The van der Waals surface area contributed by atoms with E-state index in [9.17, 15) is 25.5 Å². The fourth-order valence-corrected chi connectivity index (χ4v) is 4.23. The molecule has 6 N–H and O–H groups in total. The van der Waals surface area contributed by atoms with E-state index in [4.69, 9.17) is 9.84 Å². The fraction of sp³-hybridized carbons (Fsp3) is 1.00. The summed E-state index contributed by atoms with van der Waals surface area (Å²) < 4.78 is 5.39. The second kappa shape index (κ2) is 7.56. The molecule has 8 heteroatoms. The average Bonchev–Trinajstić information content (AvgIpc) is 2.48. The summed E-state index contributed by atoms with van der Waals surface area (Å²) in [6.45, 7) is -0.452. The van der Waals surface area contributed by atoms with Gasteiger partial charge in [-0.05, 0) is 18.8 Å². The standard InChI is InChI=1S/C13H24O7S/c14-4-8-10(17)11(18)12(19)13(20-8)21-5-6-2-1-3-7(15)9(6)16/h6-19H,1-5H2/t6?,7-,8?,9-,10-,11+,12?,13-/m1/s1. The van der Waals surface area contributed by atoms with E-state index in [0.29, 0.717) is 12.2 Å². The Kier molecular flexibility index (Phi) is 6.27. The van der Waals surface area contributed by atoms with E-state index >= 15 is 0 Å². The maximum atomic E-state index is 9.93. The van der Waals surface area contributed by atoms with Gasteiger partial charge in [0.15, 0.2) is 0 Å². The van der Waals surface area contributed by atoms with Gasteiger partial charge < -0.3 is 35.4 Å². The molecule has 21 heavy (non-hydrogen) atoms. The molecule has 0 spiro atoms. The molecule has 7 nitrogen and oxygen atoms in total. The van der Waals surface area contributed by atoms with Crippen LogP contribution in [-0.4, -0.2) is 85.1 Å². The molecule has 3 unspecified atom stereocenters. The number of aliphatic hydroxyl groups is 6. The number of aliphatic hydroxyl groups excluding tert-OH is 6. The fourth-order valence-electron chi connectivity index (χ4n) is 2.85. The highest BCUT2D eigenvalue weighted by molar-refractivity contribution is 7.99. The van der Waals surface area contributed by atoms with Crippen LogP contribution in [0.15, 0.2) is 0 Å². The molecule has 2 rings (SSSR count). The van der Waals surface area contributed by atoms with Gasteiger partial charge >= 0.3 is 0 Å². The van der Waals surface area contributed by atoms with Crippen LogP contribution >= 0.6 is 11.8 Å². The summed E-state index contributed by atoms with van der Waals surface area (Å²) in [5, 5.41) is 58.0. The smallest absolute Gasteiger partial charge is 0.132 e. The van der Waals surface area contributed by atoms with Crippen molar-refractivity contribution in [3.8, 4) is 0 Å². The van der Waals surface area contributed by atoms with Gasteiger partial charge in [-0.15, -0.1) is 11.8 Å². The Balaban J connectivity index is 1.89. The molecule has 2 fully saturated rings. The summed E-state index contributed by atoms with van der Waals surface area (Å²) in [5.74, 6) is 0.354. The van der Waals surface area contributed by atoms with Crippen molar-refractivity contribution in [1.82, 2.24) is 0 Å². The van der Waals surface area contributed by atoms with E-state index < -0.39 is 48.7 Å². The Hall–Kier alpha value is 0.0700. The van der Waals surface area contributed by atoms with Crippen LogP contribution in [-0.2, 0) is 4.74 Å². The molecule has 0 bridgehead atoms. The Bertz CT molecular complexity index is 330. The lowest BCUT2D eigenvalue weighted by Crippen LogP contribution is -2.57. The highest BCUT2D eigenvalue weighted by Crippen LogP contribution is 2.33. The van der Waals surface area contributed by atoms with Gasteiger partial charge in [-0.2, -0.15) is 0 Å². The van der Waals surface area contributed by atoms with Crippen molar-refractivity contribution in [2.24, 2.45) is 5.92 Å². The molecule has 1 saturated carbocycles. The van der Waals surface area contributed by atoms with Crippen molar-refractivity contribution in [2.45, 2.75) is 61.3 Å². The summed E-state index contributed by atoms with van der Waals surface area (Å²) in [6.07, 6.45) is -4.24. The topological polar surface area (TPSA) is 131 Å². The van der Waals surface area contributed by atoms with Gasteiger partial charge in [-0.25, -0.2) is 0 Å². The average molecular weight is 324 g/mol. The molecular formula is C13H24O7S. The number of hydrogen-bond donors (Lipinski definition) is 6. The Labute approximate surface area is 127 Å². The molecule has 8 atom stereocenters. The molecule has 1 aliphatic carbocycles.